The predicted octanol–water partition coefficient (Wildman–Crippen LogP) is 0.618. The maximum absolute atomic E-state index is 12.4. The molecule has 1 amide bonds. The highest BCUT2D eigenvalue weighted by atomic mass is 16.5. The number of hydrogen-bond donors (Lipinski definition) is 2. The monoisotopic (exact) mass is 278 g/mol. The number of nitrogens with one attached hydrogen (secondary N) is 2. The molecule has 0 unspecified atom stereocenters. The number of ether oxygens (including phenoxy) is 1. The van der Waals surface area contributed by atoms with Crippen LogP contribution in [0, 0.1) is 13.8 Å². The van der Waals surface area contributed by atoms with E-state index < -0.39 is 0 Å². The molecule has 6 nitrogen and oxygen atoms in total. The van der Waals surface area contributed by atoms with E-state index in [4.69, 9.17) is 4.74 Å². The van der Waals surface area contributed by atoms with Gasteiger partial charge in [0, 0.05) is 30.9 Å². The van der Waals surface area contributed by atoms with Crippen molar-refractivity contribution in [3.05, 3.63) is 17.0 Å². The van der Waals surface area contributed by atoms with Crippen molar-refractivity contribution in [2.45, 2.75) is 45.4 Å². The molecule has 3 rings (SSSR count). The van der Waals surface area contributed by atoms with Crippen LogP contribution in [0.1, 0.15) is 35.1 Å². The summed E-state index contributed by atoms with van der Waals surface area (Å²) in [5.74, 6) is -0.0208. The second kappa shape index (κ2) is 5.18. The fourth-order valence-electron chi connectivity index (χ4n) is 3.29. The third kappa shape index (κ3) is 2.45. The molecule has 2 saturated heterocycles. The van der Waals surface area contributed by atoms with E-state index in [-0.39, 0.29) is 11.9 Å². The van der Waals surface area contributed by atoms with Crippen molar-refractivity contribution in [3.63, 3.8) is 0 Å². The fourth-order valence-corrected chi connectivity index (χ4v) is 3.29. The molecule has 0 aliphatic carbocycles. The number of aryl methyl sites for hydroxylation is 2. The Hall–Kier alpha value is -1.40. The molecule has 2 aliphatic rings. The van der Waals surface area contributed by atoms with E-state index in [0.717, 1.165) is 37.5 Å². The highest BCUT2D eigenvalue weighted by molar-refractivity contribution is 5.96. The van der Waals surface area contributed by atoms with Crippen molar-refractivity contribution >= 4 is 5.91 Å². The number of rotatable bonds is 2. The summed E-state index contributed by atoms with van der Waals surface area (Å²) < 4.78 is 5.69. The van der Waals surface area contributed by atoms with Gasteiger partial charge in [-0.1, -0.05) is 0 Å². The minimum absolute atomic E-state index is 0.0208. The van der Waals surface area contributed by atoms with Gasteiger partial charge >= 0.3 is 0 Å². The van der Waals surface area contributed by atoms with Crippen molar-refractivity contribution in [1.82, 2.24) is 20.4 Å². The van der Waals surface area contributed by atoms with E-state index in [2.05, 4.69) is 27.3 Å². The Morgan fingerprint density at radius 2 is 2.25 bits per heavy atom. The Morgan fingerprint density at radius 1 is 1.45 bits per heavy atom. The quantitative estimate of drug-likeness (QED) is 0.832. The normalized spacial score (nSPS) is 30.2. The van der Waals surface area contributed by atoms with Gasteiger partial charge in [0.1, 0.15) is 0 Å². The van der Waals surface area contributed by atoms with Crippen molar-refractivity contribution in [3.8, 4) is 0 Å². The Labute approximate surface area is 118 Å². The van der Waals surface area contributed by atoms with Crippen LogP contribution in [0.3, 0.4) is 0 Å². The highest BCUT2D eigenvalue weighted by Gasteiger charge is 2.37. The summed E-state index contributed by atoms with van der Waals surface area (Å²) in [7, 11) is 0. The van der Waals surface area contributed by atoms with Crippen LogP contribution in [0.2, 0.25) is 0 Å². The van der Waals surface area contributed by atoms with Gasteiger partial charge in [0.05, 0.1) is 24.0 Å². The lowest BCUT2D eigenvalue weighted by Gasteiger charge is -2.33. The molecule has 3 atom stereocenters. The zero-order chi connectivity index (χ0) is 14.3. The maximum Gasteiger partial charge on any atom is 0.255 e. The first-order valence-corrected chi connectivity index (χ1v) is 7.22. The van der Waals surface area contributed by atoms with E-state index in [9.17, 15) is 4.79 Å². The molecule has 0 spiro atoms. The Balaban J connectivity index is 1.63. The summed E-state index contributed by atoms with van der Waals surface area (Å²) in [5.41, 5.74) is 2.26. The third-order valence-corrected chi connectivity index (χ3v) is 4.28. The van der Waals surface area contributed by atoms with E-state index in [0.29, 0.717) is 17.7 Å². The number of nitrogens with zero attached hydrogens (tertiary/aromatic N) is 2. The van der Waals surface area contributed by atoms with Crippen molar-refractivity contribution in [1.29, 1.82) is 0 Å². The van der Waals surface area contributed by atoms with E-state index >= 15 is 0 Å². The molecule has 2 aliphatic heterocycles. The molecule has 20 heavy (non-hydrogen) atoms. The molecular weight excluding hydrogens is 256 g/mol. The molecule has 0 aromatic carbocycles. The van der Waals surface area contributed by atoms with Gasteiger partial charge in [-0.3, -0.25) is 14.8 Å². The minimum Gasteiger partial charge on any atom is -0.376 e. The Morgan fingerprint density at radius 3 is 2.95 bits per heavy atom. The Bertz CT molecular complexity index is 494. The molecule has 3 heterocycles. The first-order chi connectivity index (χ1) is 9.54. The molecule has 2 N–H and O–H groups in total. The van der Waals surface area contributed by atoms with E-state index in [1.54, 1.807) is 0 Å². The number of morpholine rings is 1. The first kappa shape index (κ1) is 13.6. The van der Waals surface area contributed by atoms with Crippen LogP contribution < -0.4 is 5.32 Å². The molecule has 1 aromatic rings. The highest BCUT2D eigenvalue weighted by Crippen LogP contribution is 2.23. The van der Waals surface area contributed by atoms with Gasteiger partial charge in [-0.25, -0.2) is 0 Å². The summed E-state index contributed by atoms with van der Waals surface area (Å²) in [6.07, 6.45) is 1.26. The number of aromatic amines is 1. The van der Waals surface area contributed by atoms with Crippen LogP contribution in [-0.2, 0) is 4.74 Å². The average Bonchev–Trinajstić information content (AvgIpc) is 2.92. The lowest BCUT2D eigenvalue weighted by atomic mass is 10.1. The van der Waals surface area contributed by atoms with Gasteiger partial charge in [-0.05, 0) is 27.2 Å². The second-order valence-corrected chi connectivity index (χ2v) is 5.97. The van der Waals surface area contributed by atoms with Crippen LogP contribution in [0.25, 0.3) is 0 Å². The van der Waals surface area contributed by atoms with Gasteiger partial charge < -0.3 is 10.1 Å². The van der Waals surface area contributed by atoms with Crippen LogP contribution in [-0.4, -0.2) is 58.9 Å². The van der Waals surface area contributed by atoms with E-state index in [1.165, 1.54) is 0 Å². The summed E-state index contributed by atoms with van der Waals surface area (Å²) in [5, 5.41) is 10.1. The van der Waals surface area contributed by atoms with E-state index in [1.807, 2.05) is 13.8 Å². The van der Waals surface area contributed by atoms with Gasteiger partial charge in [0.15, 0.2) is 0 Å². The van der Waals surface area contributed by atoms with Gasteiger partial charge in [0.25, 0.3) is 5.91 Å². The molecule has 6 heteroatoms. The largest absolute Gasteiger partial charge is 0.376 e. The summed E-state index contributed by atoms with van der Waals surface area (Å²) in [6, 6.07) is 0.651. The molecule has 110 valence electrons. The number of H-pyrrole nitrogens is 1. The number of hydrogen-bond acceptors (Lipinski definition) is 4. The number of amides is 1. The molecule has 1 aromatic heterocycles. The first-order valence-electron chi connectivity index (χ1n) is 7.22. The topological polar surface area (TPSA) is 70.2 Å². The number of fused-ring (bicyclic) bond motifs is 1. The van der Waals surface area contributed by atoms with Crippen LogP contribution in [0.15, 0.2) is 0 Å². The molecular formula is C14H22N4O2. The summed E-state index contributed by atoms with van der Waals surface area (Å²) in [6.45, 7) is 8.48. The zero-order valence-electron chi connectivity index (χ0n) is 12.3. The van der Waals surface area contributed by atoms with Crippen molar-refractivity contribution in [2.24, 2.45) is 0 Å². The SMILES string of the molecule is Cc1n[nH]c(C)c1C(=O)N[C@H]1C[C@H]2CO[C@H](C)CN2C1. The van der Waals surface area contributed by atoms with Gasteiger partial charge in [-0.2, -0.15) is 5.10 Å². The van der Waals surface area contributed by atoms with Crippen molar-refractivity contribution in [2.75, 3.05) is 19.7 Å². The number of aromatic nitrogens is 2. The number of carbonyl (C=O) groups excluding carboxylic acids is 1. The minimum atomic E-state index is -0.0208. The predicted molar refractivity (Wildman–Crippen MR) is 74.7 cm³/mol. The third-order valence-electron chi connectivity index (χ3n) is 4.28. The summed E-state index contributed by atoms with van der Waals surface area (Å²) in [4.78, 5) is 14.8. The molecule has 2 fully saturated rings. The second-order valence-electron chi connectivity index (χ2n) is 5.97. The smallest absolute Gasteiger partial charge is 0.255 e. The molecule has 0 saturated carbocycles. The van der Waals surface area contributed by atoms with Gasteiger partial charge in [0.2, 0.25) is 0 Å². The van der Waals surface area contributed by atoms with Crippen LogP contribution in [0.4, 0.5) is 0 Å². The Kier molecular flexibility index (Phi) is 3.52. The van der Waals surface area contributed by atoms with Gasteiger partial charge in [-0.15, -0.1) is 0 Å². The van der Waals surface area contributed by atoms with Crippen LogP contribution >= 0.6 is 0 Å². The average molecular weight is 278 g/mol. The molecule has 0 radical (unpaired) electrons. The molecule has 0 bridgehead atoms. The van der Waals surface area contributed by atoms with Crippen molar-refractivity contribution < 1.29 is 9.53 Å². The fraction of sp³-hybridized carbons (Fsp3) is 0.714. The zero-order valence-corrected chi connectivity index (χ0v) is 12.3. The number of carbonyl (C=O) groups is 1. The lowest BCUT2D eigenvalue weighted by Crippen LogP contribution is -2.45. The van der Waals surface area contributed by atoms with Crippen LogP contribution in [0.5, 0.6) is 0 Å². The summed E-state index contributed by atoms with van der Waals surface area (Å²) >= 11 is 0. The standard InChI is InChI=1S/C14H22N4O2/c1-8-5-18-6-11(4-12(18)7-20-8)15-14(19)13-9(2)16-17-10(13)3/h8,11-12H,4-7H2,1-3H3,(H,15,19)(H,16,17)/t8-,11+,12+/m1/s1. The lowest BCUT2D eigenvalue weighted by molar-refractivity contribution is -0.0390. The maximum atomic E-state index is 12.4.